The second kappa shape index (κ2) is 7.92. The van der Waals surface area contributed by atoms with Gasteiger partial charge in [-0.25, -0.2) is 0 Å². The lowest BCUT2D eigenvalue weighted by Crippen LogP contribution is -2.35. The number of ether oxygens (including phenoxy) is 2. The Bertz CT molecular complexity index is 871. The molecule has 0 aliphatic heterocycles. The van der Waals surface area contributed by atoms with Gasteiger partial charge in [0.05, 0.1) is 18.9 Å². The zero-order valence-corrected chi connectivity index (χ0v) is 16.7. The van der Waals surface area contributed by atoms with E-state index in [0.717, 1.165) is 11.3 Å². The van der Waals surface area contributed by atoms with Gasteiger partial charge in [-0.2, -0.15) is 0 Å². The Kier molecular flexibility index (Phi) is 5.58. The maximum absolute atomic E-state index is 12.8. The number of rotatable bonds is 7. The van der Waals surface area contributed by atoms with Crippen molar-refractivity contribution in [1.82, 2.24) is 0 Å². The van der Waals surface area contributed by atoms with E-state index < -0.39 is 5.41 Å². The van der Waals surface area contributed by atoms with Crippen LogP contribution in [0.5, 0.6) is 11.5 Å². The Labute approximate surface area is 165 Å². The molecule has 2 aromatic rings. The van der Waals surface area contributed by atoms with E-state index >= 15 is 0 Å². The van der Waals surface area contributed by atoms with Gasteiger partial charge in [0.15, 0.2) is 0 Å². The molecule has 0 saturated heterocycles. The van der Waals surface area contributed by atoms with Crippen LogP contribution in [0.3, 0.4) is 0 Å². The first kappa shape index (κ1) is 19.7. The number of nitrogens with one attached hydrogen (secondary N) is 2. The quantitative estimate of drug-likeness (QED) is 0.706. The van der Waals surface area contributed by atoms with Crippen LogP contribution in [0.25, 0.3) is 0 Å². The van der Waals surface area contributed by atoms with E-state index in [4.69, 9.17) is 9.47 Å². The Morgan fingerprint density at radius 3 is 2.21 bits per heavy atom. The molecule has 1 aliphatic rings. The average molecular weight is 382 g/mol. The SMILES string of the molecule is COc1ccc(C)cc1NC(=O)C1(C(=O)Nc2ccc(OC(C)C)cc2)CC1. The number of hydrogen-bond acceptors (Lipinski definition) is 4. The number of benzene rings is 2. The molecule has 1 fully saturated rings. The van der Waals surface area contributed by atoms with Gasteiger partial charge >= 0.3 is 0 Å². The lowest BCUT2D eigenvalue weighted by atomic mass is 10.0. The molecule has 2 N–H and O–H groups in total. The number of carbonyl (C=O) groups is 2. The summed E-state index contributed by atoms with van der Waals surface area (Å²) in [4.78, 5) is 25.6. The summed E-state index contributed by atoms with van der Waals surface area (Å²) in [7, 11) is 1.55. The predicted octanol–water partition coefficient (Wildman–Crippen LogP) is 4.15. The van der Waals surface area contributed by atoms with Crippen molar-refractivity contribution in [3.05, 3.63) is 48.0 Å². The summed E-state index contributed by atoms with van der Waals surface area (Å²) in [5.41, 5.74) is 1.16. The minimum atomic E-state index is -1.04. The first-order chi connectivity index (χ1) is 13.3. The third kappa shape index (κ3) is 4.27. The van der Waals surface area contributed by atoms with Gasteiger partial charge in [0.1, 0.15) is 16.9 Å². The minimum absolute atomic E-state index is 0.0810. The Morgan fingerprint density at radius 2 is 1.64 bits per heavy atom. The molecule has 0 heterocycles. The molecule has 2 aromatic carbocycles. The van der Waals surface area contributed by atoms with E-state index in [1.807, 2.05) is 32.9 Å². The predicted molar refractivity (Wildman–Crippen MR) is 109 cm³/mol. The summed E-state index contributed by atoms with van der Waals surface area (Å²) in [6, 6.07) is 12.7. The fourth-order valence-corrected chi connectivity index (χ4v) is 2.98. The summed E-state index contributed by atoms with van der Waals surface area (Å²) in [6.45, 7) is 5.84. The van der Waals surface area contributed by atoms with Crippen molar-refractivity contribution >= 4 is 23.2 Å². The standard InChI is InChI=1S/C22H26N2O4/c1-14(2)28-17-8-6-16(7-9-17)23-20(25)22(11-12-22)21(26)24-18-13-15(3)5-10-19(18)27-4/h5-10,13-14H,11-12H2,1-4H3,(H,23,25)(H,24,26). The molecule has 0 spiro atoms. The van der Waals surface area contributed by atoms with Crippen LogP contribution in [-0.2, 0) is 9.59 Å². The van der Waals surface area contributed by atoms with Crippen molar-refractivity contribution < 1.29 is 19.1 Å². The van der Waals surface area contributed by atoms with Crippen LogP contribution in [0.1, 0.15) is 32.3 Å². The molecule has 0 aromatic heterocycles. The molecule has 148 valence electrons. The monoisotopic (exact) mass is 382 g/mol. The van der Waals surface area contributed by atoms with Gasteiger partial charge in [0, 0.05) is 5.69 Å². The fraction of sp³-hybridized carbons (Fsp3) is 0.364. The summed E-state index contributed by atoms with van der Waals surface area (Å²) in [6.07, 6.45) is 1.12. The number of hydrogen-bond donors (Lipinski definition) is 2. The Balaban J connectivity index is 1.68. The lowest BCUT2D eigenvalue weighted by Gasteiger charge is -2.17. The highest BCUT2D eigenvalue weighted by Gasteiger charge is 2.56. The van der Waals surface area contributed by atoms with E-state index in [2.05, 4.69) is 10.6 Å². The maximum Gasteiger partial charge on any atom is 0.240 e. The third-order valence-corrected chi connectivity index (χ3v) is 4.71. The van der Waals surface area contributed by atoms with Crippen LogP contribution in [0.15, 0.2) is 42.5 Å². The van der Waals surface area contributed by atoms with Crippen LogP contribution in [0.2, 0.25) is 0 Å². The Morgan fingerprint density at radius 1 is 1.00 bits per heavy atom. The molecule has 0 radical (unpaired) electrons. The van der Waals surface area contributed by atoms with Crippen LogP contribution in [0.4, 0.5) is 11.4 Å². The van der Waals surface area contributed by atoms with E-state index in [-0.39, 0.29) is 17.9 Å². The van der Waals surface area contributed by atoms with Gasteiger partial charge in [0.25, 0.3) is 0 Å². The number of anilines is 2. The van der Waals surface area contributed by atoms with Crippen LogP contribution in [0, 0.1) is 12.3 Å². The fourth-order valence-electron chi connectivity index (χ4n) is 2.98. The van der Waals surface area contributed by atoms with E-state index in [9.17, 15) is 9.59 Å². The molecule has 2 amide bonds. The number of carbonyl (C=O) groups excluding carboxylic acids is 2. The van der Waals surface area contributed by atoms with Gasteiger partial charge < -0.3 is 20.1 Å². The molecule has 1 saturated carbocycles. The summed E-state index contributed by atoms with van der Waals surface area (Å²) in [5, 5.41) is 5.70. The van der Waals surface area contributed by atoms with Crippen molar-refractivity contribution in [3.8, 4) is 11.5 Å². The molecule has 3 rings (SSSR count). The topological polar surface area (TPSA) is 76.7 Å². The number of amides is 2. The van der Waals surface area contributed by atoms with Crippen molar-refractivity contribution in [3.63, 3.8) is 0 Å². The van der Waals surface area contributed by atoms with Crippen LogP contribution >= 0.6 is 0 Å². The van der Waals surface area contributed by atoms with Crippen LogP contribution < -0.4 is 20.1 Å². The number of methoxy groups -OCH3 is 1. The Hall–Kier alpha value is -3.02. The largest absolute Gasteiger partial charge is 0.495 e. The first-order valence-corrected chi connectivity index (χ1v) is 9.38. The van der Waals surface area contributed by atoms with Gasteiger partial charge in [-0.15, -0.1) is 0 Å². The van der Waals surface area contributed by atoms with Crippen molar-refractivity contribution in [1.29, 1.82) is 0 Å². The zero-order valence-electron chi connectivity index (χ0n) is 16.7. The normalized spacial score (nSPS) is 14.3. The number of aryl methyl sites for hydroxylation is 1. The second-order valence-corrected chi connectivity index (χ2v) is 7.39. The first-order valence-electron chi connectivity index (χ1n) is 9.38. The van der Waals surface area contributed by atoms with Gasteiger partial charge in [-0.1, -0.05) is 6.07 Å². The lowest BCUT2D eigenvalue weighted by molar-refractivity contribution is -0.131. The van der Waals surface area contributed by atoms with Crippen LogP contribution in [-0.4, -0.2) is 25.0 Å². The molecule has 0 bridgehead atoms. The molecular weight excluding hydrogens is 356 g/mol. The molecule has 6 nitrogen and oxygen atoms in total. The maximum atomic E-state index is 12.8. The van der Waals surface area contributed by atoms with Crippen molar-refractivity contribution in [2.75, 3.05) is 17.7 Å². The minimum Gasteiger partial charge on any atom is -0.495 e. The summed E-state index contributed by atoms with van der Waals surface area (Å²) >= 11 is 0. The molecule has 0 unspecified atom stereocenters. The van der Waals surface area contributed by atoms with Gasteiger partial charge in [-0.05, 0) is 75.6 Å². The van der Waals surface area contributed by atoms with E-state index in [1.54, 1.807) is 37.4 Å². The van der Waals surface area contributed by atoms with Gasteiger partial charge in [-0.3, -0.25) is 9.59 Å². The molecule has 6 heteroatoms. The molecule has 0 atom stereocenters. The van der Waals surface area contributed by atoms with Crippen molar-refractivity contribution in [2.45, 2.75) is 39.7 Å². The highest BCUT2D eigenvalue weighted by molar-refractivity contribution is 6.17. The third-order valence-electron chi connectivity index (χ3n) is 4.71. The average Bonchev–Trinajstić information content (AvgIpc) is 3.45. The molecule has 1 aliphatic carbocycles. The zero-order chi connectivity index (χ0) is 20.3. The van der Waals surface area contributed by atoms with E-state index in [0.29, 0.717) is 30.0 Å². The molecule has 28 heavy (non-hydrogen) atoms. The highest BCUT2D eigenvalue weighted by Crippen LogP contribution is 2.48. The smallest absolute Gasteiger partial charge is 0.240 e. The van der Waals surface area contributed by atoms with Crippen molar-refractivity contribution in [2.24, 2.45) is 5.41 Å². The summed E-state index contributed by atoms with van der Waals surface area (Å²) < 4.78 is 10.9. The highest BCUT2D eigenvalue weighted by atomic mass is 16.5. The summed E-state index contributed by atoms with van der Waals surface area (Å²) in [5.74, 6) is 0.692. The van der Waals surface area contributed by atoms with Gasteiger partial charge in [0.2, 0.25) is 11.8 Å². The second-order valence-electron chi connectivity index (χ2n) is 7.39. The molecular formula is C22H26N2O4. The van der Waals surface area contributed by atoms with E-state index in [1.165, 1.54) is 0 Å².